The van der Waals surface area contributed by atoms with Gasteiger partial charge in [0.15, 0.2) is 5.69 Å². The lowest BCUT2D eigenvalue weighted by atomic mass is 10.2. The number of aromatic nitrogens is 2. The van der Waals surface area contributed by atoms with E-state index in [9.17, 15) is 4.79 Å². The third-order valence-corrected chi connectivity index (χ3v) is 2.35. The quantitative estimate of drug-likeness (QED) is 0.787. The van der Waals surface area contributed by atoms with Crippen LogP contribution in [0, 0.1) is 0 Å². The zero-order valence-corrected chi connectivity index (χ0v) is 10.1. The highest BCUT2D eigenvalue weighted by Crippen LogP contribution is 2.07. The zero-order chi connectivity index (χ0) is 12.1. The van der Waals surface area contributed by atoms with E-state index in [0.717, 1.165) is 31.6 Å². The number of nitrogens with zero attached hydrogens (tertiary/aromatic N) is 3. The lowest BCUT2D eigenvalue weighted by Gasteiger charge is -2.11. The van der Waals surface area contributed by atoms with Gasteiger partial charge in [0.1, 0.15) is 0 Å². The Labute approximate surface area is 95.7 Å². The topological polar surface area (TPSA) is 58.4 Å². The summed E-state index contributed by atoms with van der Waals surface area (Å²) in [5.74, 6) is -0.957. The minimum atomic E-state index is -0.957. The highest BCUT2D eigenvalue weighted by molar-refractivity contribution is 5.85. The van der Waals surface area contributed by atoms with E-state index >= 15 is 0 Å². The first kappa shape index (κ1) is 12.7. The van der Waals surface area contributed by atoms with Gasteiger partial charge in [0.2, 0.25) is 0 Å². The summed E-state index contributed by atoms with van der Waals surface area (Å²) in [6, 6.07) is 1.67. The van der Waals surface area contributed by atoms with Gasteiger partial charge in [-0.1, -0.05) is 13.3 Å². The maximum atomic E-state index is 10.8. The van der Waals surface area contributed by atoms with Crippen LogP contribution in [0.25, 0.3) is 0 Å². The molecular formula is C11H19N3O2. The van der Waals surface area contributed by atoms with Crippen molar-refractivity contribution in [1.29, 1.82) is 0 Å². The molecule has 0 bridgehead atoms. The third-order valence-electron chi connectivity index (χ3n) is 2.35. The Kier molecular flexibility index (Phi) is 4.49. The molecule has 0 radical (unpaired) electrons. The summed E-state index contributed by atoms with van der Waals surface area (Å²) in [5, 5.41) is 13.0. The molecule has 0 saturated heterocycles. The number of hydrogen-bond acceptors (Lipinski definition) is 3. The van der Waals surface area contributed by atoms with E-state index in [1.165, 1.54) is 0 Å². The van der Waals surface area contributed by atoms with Crippen LogP contribution >= 0.6 is 0 Å². The summed E-state index contributed by atoms with van der Waals surface area (Å²) >= 11 is 0. The van der Waals surface area contributed by atoms with E-state index in [-0.39, 0.29) is 5.69 Å². The second kappa shape index (κ2) is 5.65. The third kappa shape index (κ3) is 3.34. The van der Waals surface area contributed by atoms with Gasteiger partial charge >= 0.3 is 5.97 Å². The largest absolute Gasteiger partial charge is 0.476 e. The molecule has 5 nitrogen and oxygen atoms in total. The van der Waals surface area contributed by atoms with Crippen LogP contribution in [0.2, 0.25) is 0 Å². The Balaban J connectivity index is 2.82. The van der Waals surface area contributed by atoms with E-state index in [1.807, 2.05) is 14.1 Å². The number of carbonyl (C=O) groups is 1. The van der Waals surface area contributed by atoms with Crippen LogP contribution in [-0.4, -0.2) is 46.4 Å². The van der Waals surface area contributed by atoms with E-state index in [0.29, 0.717) is 0 Å². The van der Waals surface area contributed by atoms with E-state index in [2.05, 4.69) is 16.9 Å². The van der Waals surface area contributed by atoms with E-state index in [1.54, 1.807) is 10.7 Å². The summed E-state index contributed by atoms with van der Waals surface area (Å²) in [6.45, 7) is 3.66. The highest BCUT2D eigenvalue weighted by atomic mass is 16.4. The van der Waals surface area contributed by atoms with E-state index < -0.39 is 5.97 Å². The molecule has 1 aromatic heterocycles. The predicted molar refractivity (Wildman–Crippen MR) is 61.7 cm³/mol. The van der Waals surface area contributed by atoms with Crippen molar-refractivity contribution < 1.29 is 9.90 Å². The van der Waals surface area contributed by atoms with Crippen LogP contribution in [-0.2, 0) is 13.0 Å². The van der Waals surface area contributed by atoms with Gasteiger partial charge < -0.3 is 10.0 Å². The van der Waals surface area contributed by atoms with Crippen molar-refractivity contribution in [2.75, 3.05) is 20.6 Å². The second-order valence-corrected chi connectivity index (χ2v) is 4.10. The smallest absolute Gasteiger partial charge is 0.356 e. The number of carboxylic acid groups (broad SMARTS) is 1. The summed E-state index contributed by atoms with van der Waals surface area (Å²) in [4.78, 5) is 12.9. The van der Waals surface area contributed by atoms with Crippen LogP contribution in [0.1, 0.15) is 29.5 Å². The Morgan fingerprint density at radius 1 is 1.56 bits per heavy atom. The highest BCUT2D eigenvalue weighted by Gasteiger charge is 2.12. The molecule has 0 fully saturated rings. The molecule has 5 heteroatoms. The van der Waals surface area contributed by atoms with Crippen LogP contribution in [0.3, 0.4) is 0 Å². The molecule has 0 atom stereocenters. The zero-order valence-electron chi connectivity index (χ0n) is 10.1. The molecule has 1 heterocycles. The standard InChI is InChI=1S/C11H19N3O2/c1-4-5-9-8-10(11(15)16)12-14(9)7-6-13(2)3/h8H,4-7H2,1-3H3,(H,15,16). The SMILES string of the molecule is CCCc1cc(C(=O)O)nn1CCN(C)C. The van der Waals surface area contributed by atoms with Gasteiger partial charge in [0.25, 0.3) is 0 Å². The number of likely N-dealkylation sites (N-methyl/N-ethyl adjacent to an activating group) is 1. The lowest BCUT2D eigenvalue weighted by molar-refractivity contribution is 0.0689. The molecule has 0 saturated carbocycles. The van der Waals surface area contributed by atoms with Crippen molar-refractivity contribution in [2.45, 2.75) is 26.3 Å². The van der Waals surface area contributed by atoms with Crippen LogP contribution in [0.4, 0.5) is 0 Å². The molecule has 0 aliphatic carbocycles. The molecule has 0 aliphatic heterocycles. The Hall–Kier alpha value is -1.36. The van der Waals surface area contributed by atoms with Gasteiger partial charge in [-0.3, -0.25) is 4.68 Å². The monoisotopic (exact) mass is 225 g/mol. The minimum absolute atomic E-state index is 0.141. The molecule has 0 aromatic carbocycles. The predicted octanol–water partition coefficient (Wildman–Crippen LogP) is 1.10. The number of rotatable bonds is 6. The van der Waals surface area contributed by atoms with Crippen molar-refractivity contribution in [1.82, 2.24) is 14.7 Å². The normalized spacial score (nSPS) is 11.0. The fourth-order valence-electron chi connectivity index (χ4n) is 1.51. The molecule has 1 aromatic rings. The Morgan fingerprint density at radius 2 is 2.25 bits per heavy atom. The van der Waals surface area contributed by atoms with Crippen LogP contribution in [0.5, 0.6) is 0 Å². The van der Waals surface area contributed by atoms with Crippen molar-refractivity contribution >= 4 is 5.97 Å². The van der Waals surface area contributed by atoms with Crippen molar-refractivity contribution in [3.63, 3.8) is 0 Å². The van der Waals surface area contributed by atoms with Crippen molar-refractivity contribution in [3.05, 3.63) is 17.5 Å². The molecule has 0 spiro atoms. The fourth-order valence-corrected chi connectivity index (χ4v) is 1.51. The molecule has 1 N–H and O–H groups in total. The first-order valence-corrected chi connectivity index (χ1v) is 5.49. The van der Waals surface area contributed by atoms with Gasteiger partial charge in [-0.25, -0.2) is 4.79 Å². The molecule has 1 rings (SSSR count). The number of carboxylic acids is 1. The van der Waals surface area contributed by atoms with E-state index in [4.69, 9.17) is 5.11 Å². The Bertz CT molecular complexity index is 358. The molecule has 0 unspecified atom stereocenters. The number of aromatic carboxylic acids is 1. The first-order chi connectivity index (χ1) is 7.54. The van der Waals surface area contributed by atoms with Crippen molar-refractivity contribution in [2.24, 2.45) is 0 Å². The van der Waals surface area contributed by atoms with Crippen LogP contribution in [0.15, 0.2) is 6.07 Å². The molecule has 90 valence electrons. The molecule has 0 amide bonds. The van der Waals surface area contributed by atoms with Crippen molar-refractivity contribution in [3.8, 4) is 0 Å². The van der Waals surface area contributed by atoms with Gasteiger partial charge in [-0.05, 0) is 26.6 Å². The summed E-state index contributed by atoms with van der Waals surface area (Å²) in [6.07, 6.45) is 1.86. The van der Waals surface area contributed by atoms with Gasteiger partial charge in [0, 0.05) is 12.2 Å². The van der Waals surface area contributed by atoms with Gasteiger partial charge in [-0.15, -0.1) is 0 Å². The van der Waals surface area contributed by atoms with Gasteiger partial charge in [0.05, 0.1) is 6.54 Å². The first-order valence-electron chi connectivity index (χ1n) is 5.49. The maximum absolute atomic E-state index is 10.8. The average molecular weight is 225 g/mol. The Morgan fingerprint density at radius 3 is 2.75 bits per heavy atom. The minimum Gasteiger partial charge on any atom is -0.476 e. The number of hydrogen-bond donors (Lipinski definition) is 1. The summed E-state index contributed by atoms with van der Waals surface area (Å²) in [5.41, 5.74) is 1.14. The average Bonchev–Trinajstić information content (AvgIpc) is 2.59. The van der Waals surface area contributed by atoms with Gasteiger partial charge in [-0.2, -0.15) is 5.10 Å². The molecule has 0 aliphatic rings. The fraction of sp³-hybridized carbons (Fsp3) is 0.636. The maximum Gasteiger partial charge on any atom is 0.356 e. The molecular weight excluding hydrogens is 206 g/mol. The van der Waals surface area contributed by atoms with Crippen LogP contribution < -0.4 is 0 Å². The summed E-state index contributed by atoms with van der Waals surface area (Å²) in [7, 11) is 3.97. The lowest BCUT2D eigenvalue weighted by Crippen LogP contribution is -2.20. The summed E-state index contributed by atoms with van der Waals surface area (Å²) < 4.78 is 1.80. The number of aryl methyl sites for hydroxylation is 1. The molecule has 16 heavy (non-hydrogen) atoms. The second-order valence-electron chi connectivity index (χ2n) is 4.10.